The number of nitrogens with one attached hydrogen (secondary N) is 2. The van der Waals surface area contributed by atoms with Gasteiger partial charge < -0.3 is 9.88 Å². The molecule has 0 bridgehead atoms. The lowest BCUT2D eigenvalue weighted by molar-refractivity contribution is 0.918. The van der Waals surface area contributed by atoms with Crippen LogP contribution in [0.2, 0.25) is 5.02 Å². The van der Waals surface area contributed by atoms with Crippen LogP contribution in [0.25, 0.3) is 5.69 Å². The lowest BCUT2D eigenvalue weighted by Gasteiger charge is -2.06. The summed E-state index contributed by atoms with van der Waals surface area (Å²) in [6, 6.07) is 11.6. The number of guanidine groups is 1. The van der Waals surface area contributed by atoms with Crippen LogP contribution in [0.1, 0.15) is 5.69 Å². The fourth-order valence-electron chi connectivity index (χ4n) is 1.97. The molecule has 0 atom stereocenters. The number of benzene rings is 1. The minimum atomic E-state index is 0.714. The van der Waals surface area contributed by atoms with Crippen LogP contribution in [-0.4, -0.2) is 29.8 Å². The molecule has 2 N–H and O–H groups in total. The van der Waals surface area contributed by atoms with Gasteiger partial charge in [0, 0.05) is 23.5 Å². The van der Waals surface area contributed by atoms with Crippen LogP contribution in [0.15, 0.2) is 52.7 Å². The molecule has 5 nitrogen and oxygen atoms in total. The first-order valence-electron chi connectivity index (χ1n) is 6.33. The molecular weight excluding hydrogens is 274 g/mol. The average Bonchev–Trinajstić information content (AvgIpc) is 3.11. The van der Waals surface area contributed by atoms with E-state index in [-0.39, 0.29) is 0 Å². The Hall–Kier alpha value is -2.27. The molecule has 0 saturated heterocycles. The van der Waals surface area contributed by atoms with Crippen molar-refractivity contribution < 1.29 is 0 Å². The Kier molecular flexibility index (Phi) is 3.69. The zero-order chi connectivity index (χ0) is 13.8. The van der Waals surface area contributed by atoms with E-state index >= 15 is 0 Å². The third-order valence-electron chi connectivity index (χ3n) is 2.93. The van der Waals surface area contributed by atoms with E-state index in [9.17, 15) is 0 Å². The highest BCUT2D eigenvalue weighted by Crippen LogP contribution is 2.15. The molecule has 0 radical (unpaired) electrons. The van der Waals surface area contributed by atoms with Gasteiger partial charge in [0.1, 0.15) is 0 Å². The van der Waals surface area contributed by atoms with Crippen molar-refractivity contribution in [2.45, 2.75) is 0 Å². The fraction of sp³-hybridized carbons (Fsp3) is 0.143. The number of aliphatic imine (C=N–C) groups is 1. The molecule has 2 heterocycles. The lowest BCUT2D eigenvalue weighted by atomic mass is 10.3. The summed E-state index contributed by atoms with van der Waals surface area (Å²) in [5.41, 5.74) is 4.89. The van der Waals surface area contributed by atoms with Crippen molar-refractivity contribution in [2.75, 3.05) is 13.1 Å². The molecule has 1 aliphatic rings. The topological polar surface area (TPSA) is 53.7 Å². The largest absolute Gasteiger partial charge is 0.353 e. The molecule has 20 heavy (non-hydrogen) atoms. The SMILES string of the molecule is Clc1ccc(-n2cccc2/C=N/NC2=NCCN2)cc1. The van der Waals surface area contributed by atoms with Gasteiger partial charge in [-0.3, -0.25) is 0 Å². The molecular formula is C14H14ClN5. The lowest BCUT2D eigenvalue weighted by Crippen LogP contribution is -2.30. The van der Waals surface area contributed by atoms with E-state index in [1.807, 2.05) is 47.2 Å². The van der Waals surface area contributed by atoms with Gasteiger partial charge in [-0.1, -0.05) is 11.6 Å². The standard InChI is InChI=1S/C14H14ClN5/c15-11-3-5-12(6-4-11)20-9-1-2-13(20)10-18-19-14-16-7-8-17-14/h1-6,9-10H,7-8H2,(H2,16,17,19)/b18-10+. The molecule has 0 aliphatic carbocycles. The number of aromatic nitrogens is 1. The van der Waals surface area contributed by atoms with E-state index in [2.05, 4.69) is 20.8 Å². The summed E-state index contributed by atoms with van der Waals surface area (Å²) in [5.74, 6) is 0.714. The number of halogens is 1. The first-order chi connectivity index (χ1) is 9.83. The number of hydrogen-bond donors (Lipinski definition) is 2. The van der Waals surface area contributed by atoms with Crippen LogP contribution >= 0.6 is 11.6 Å². The molecule has 3 rings (SSSR count). The van der Waals surface area contributed by atoms with Gasteiger partial charge in [0.2, 0.25) is 5.96 Å². The van der Waals surface area contributed by atoms with E-state index in [0.717, 1.165) is 29.5 Å². The van der Waals surface area contributed by atoms with Crippen LogP contribution in [0.3, 0.4) is 0 Å². The number of rotatable bonds is 3. The average molecular weight is 288 g/mol. The van der Waals surface area contributed by atoms with Gasteiger partial charge in [0.15, 0.2) is 0 Å². The highest BCUT2D eigenvalue weighted by Gasteiger charge is 2.03. The smallest absolute Gasteiger partial charge is 0.212 e. The van der Waals surface area contributed by atoms with Crippen LogP contribution < -0.4 is 10.7 Å². The summed E-state index contributed by atoms with van der Waals surface area (Å²) < 4.78 is 2.03. The van der Waals surface area contributed by atoms with Crippen LogP contribution in [0, 0.1) is 0 Å². The molecule has 1 aliphatic heterocycles. The molecule has 0 amide bonds. The van der Waals surface area contributed by atoms with Crippen molar-refractivity contribution >= 4 is 23.8 Å². The maximum Gasteiger partial charge on any atom is 0.212 e. The molecule has 1 aromatic carbocycles. The Morgan fingerprint density at radius 1 is 1.30 bits per heavy atom. The highest BCUT2D eigenvalue weighted by molar-refractivity contribution is 6.30. The van der Waals surface area contributed by atoms with E-state index in [0.29, 0.717) is 5.96 Å². The Morgan fingerprint density at radius 3 is 2.90 bits per heavy atom. The Balaban J connectivity index is 1.76. The van der Waals surface area contributed by atoms with E-state index in [4.69, 9.17) is 11.6 Å². The Morgan fingerprint density at radius 2 is 2.15 bits per heavy atom. The van der Waals surface area contributed by atoms with Gasteiger partial charge in [-0.25, -0.2) is 10.4 Å². The summed E-state index contributed by atoms with van der Waals surface area (Å²) in [4.78, 5) is 4.20. The molecule has 0 saturated carbocycles. The molecule has 0 spiro atoms. The van der Waals surface area contributed by atoms with Gasteiger partial charge in [0.05, 0.1) is 18.5 Å². The molecule has 6 heteroatoms. The normalized spacial score (nSPS) is 14.3. The molecule has 102 valence electrons. The first-order valence-corrected chi connectivity index (χ1v) is 6.71. The predicted molar refractivity (Wildman–Crippen MR) is 81.8 cm³/mol. The van der Waals surface area contributed by atoms with E-state index < -0.39 is 0 Å². The van der Waals surface area contributed by atoms with Crippen molar-refractivity contribution in [3.05, 3.63) is 53.3 Å². The second kappa shape index (κ2) is 5.79. The minimum Gasteiger partial charge on any atom is -0.353 e. The quantitative estimate of drug-likeness (QED) is 0.670. The second-order valence-corrected chi connectivity index (χ2v) is 4.74. The summed E-state index contributed by atoms with van der Waals surface area (Å²) in [6.07, 6.45) is 3.74. The third-order valence-corrected chi connectivity index (χ3v) is 3.18. The van der Waals surface area contributed by atoms with Gasteiger partial charge in [0.25, 0.3) is 0 Å². The van der Waals surface area contributed by atoms with Crippen LogP contribution in [0.5, 0.6) is 0 Å². The zero-order valence-corrected chi connectivity index (χ0v) is 11.5. The summed E-state index contributed by atoms with van der Waals surface area (Å²) in [7, 11) is 0. The van der Waals surface area contributed by atoms with Gasteiger partial charge in [-0.2, -0.15) is 5.10 Å². The summed E-state index contributed by atoms with van der Waals surface area (Å²) in [5, 5.41) is 8.00. The predicted octanol–water partition coefficient (Wildman–Crippen LogP) is 2.01. The molecule has 1 aromatic heterocycles. The minimum absolute atomic E-state index is 0.714. The molecule has 2 aromatic rings. The number of hydrazone groups is 1. The third kappa shape index (κ3) is 2.83. The van der Waals surface area contributed by atoms with E-state index in [1.54, 1.807) is 6.21 Å². The maximum atomic E-state index is 5.90. The molecule has 0 unspecified atom stereocenters. The Labute approximate surface area is 122 Å². The summed E-state index contributed by atoms with van der Waals surface area (Å²) >= 11 is 5.90. The van der Waals surface area contributed by atoms with Crippen LogP contribution in [0.4, 0.5) is 0 Å². The second-order valence-electron chi connectivity index (χ2n) is 4.31. The maximum absolute atomic E-state index is 5.90. The van der Waals surface area contributed by atoms with Crippen LogP contribution in [-0.2, 0) is 0 Å². The van der Waals surface area contributed by atoms with Crippen molar-refractivity contribution in [3.8, 4) is 5.69 Å². The Bertz CT molecular complexity index is 642. The zero-order valence-electron chi connectivity index (χ0n) is 10.8. The van der Waals surface area contributed by atoms with Gasteiger partial charge in [-0.15, -0.1) is 0 Å². The monoisotopic (exact) mass is 287 g/mol. The van der Waals surface area contributed by atoms with Crippen molar-refractivity contribution in [1.82, 2.24) is 15.3 Å². The molecule has 0 fully saturated rings. The van der Waals surface area contributed by atoms with Gasteiger partial charge >= 0.3 is 0 Å². The van der Waals surface area contributed by atoms with E-state index in [1.165, 1.54) is 0 Å². The fourth-order valence-corrected chi connectivity index (χ4v) is 2.09. The van der Waals surface area contributed by atoms with Crippen molar-refractivity contribution in [2.24, 2.45) is 10.1 Å². The van der Waals surface area contributed by atoms with Gasteiger partial charge in [-0.05, 0) is 36.4 Å². The van der Waals surface area contributed by atoms with Crippen molar-refractivity contribution in [1.29, 1.82) is 0 Å². The first kappa shape index (κ1) is 12.7. The number of nitrogens with zero attached hydrogens (tertiary/aromatic N) is 3. The highest BCUT2D eigenvalue weighted by atomic mass is 35.5. The number of hydrogen-bond acceptors (Lipinski definition) is 4. The van der Waals surface area contributed by atoms with Crippen molar-refractivity contribution in [3.63, 3.8) is 0 Å². The summed E-state index contributed by atoms with van der Waals surface area (Å²) in [6.45, 7) is 1.65.